The summed E-state index contributed by atoms with van der Waals surface area (Å²) in [6, 6.07) is -0.767. The summed E-state index contributed by atoms with van der Waals surface area (Å²) < 4.78 is 0. The molecule has 0 radical (unpaired) electrons. The van der Waals surface area contributed by atoms with Gasteiger partial charge in [-0.3, -0.25) is 4.79 Å². The lowest BCUT2D eigenvalue weighted by molar-refractivity contribution is -0.141. The Morgan fingerprint density at radius 3 is 2.50 bits per heavy atom. The highest BCUT2D eigenvalue weighted by molar-refractivity contribution is 7.98. The van der Waals surface area contributed by atoms with Crippen LogP contribution in [0.1, 0.15) is 38.5 Å². The fourth-order valence-electron chi connectivity index (χ4n) is 1.72. The van der Waals surface area contributed by atoms with Gasteiger partial charge in [-0.05, 0) is 43.4 Å². The fourth-order valence-corrected chi connectivity index (χ4v) is 3.02. The number of hydrogen-bond donors (Lipinski definition) is 4. The second-order valence-electron chi connectivity index (χ2n) is 4.65. The first-order valence-corrected chi connectivity index (χ1v) is 9.35. The van der Waals surface area contributed by atoms with E-state index in [0.29, 0.717) is 18.1 Å². The van der Waals surface area contributed by atoms with Gasteiger partial charge in [-0.1, -0.05) is 6.42 Å². The van der Waals surface area contributed by atoms with Crippen LogP contribution in [0.2, 0.25) is 0 Å². The maximum absolute atomic E-state index is 11.7. The highest BCUT2D eigenvalue weighted by atomic mass is 32.2. The lowest BCUT2D eigenvalue weighted by Gasteiger charge is -2.14. The Labute approximate surface area is 136 Å². The van der Waals surface area contributed by atoms with Gasteiger partial charge in [0, 0.05) is 11.7 Å². The second-order valence-corrected chi connectivity index (χ2v) is 6.81. The van der Waals surface area contributed by atoms with Crippen LogP contribution < -0.4 is 5.32 Å². The number of nitrogens with one attached hydrogen (secondary N) is 1. The summed E-state index contributed by atoms with van der Waals surface area (Å²) in [5, 5.41) is 11.9. The van der Waals surface area contributed by atoms with E-state index >= 15 is 0 Å². The Bertz CT molecular complexity index is 290. The molecule has 0 saturated carbocycles. The van der Waals surface area contributed by atoms with Crippen LogP contribution in [-0.4, -0.2) is 46.0 Å². The second kappa shape index (κ2) is 12.7. The van der Waals surface area contributed by atoms with E-state index < -0.39 is 12.0 Å². The van der Waals surface area contributed by atoms with Crippen molar-refractivity contribution < 1.29 is 14.7 Å². The molecule has 0 aliphatic carbocycles. The molecule has 0 aliphatic heterocycles. The Morgan fingerprint density at radius 2 is 1.95 bits per heavy atom. The summed E-state index contributed by atoms with van der Waals surface area (Å²) in [5.74, 6) is 0.409. The molecule has 0 saturated heterocycles. The van der Waals surface area contributed by atoms with E-state index in [2.05, 4.69) is 30.6 Å². The first-order valence-electron chi connectivity index (χ1n) is 6.81. The third-order valence-corrected chi connectivity index (χ3v) is 4.32. The van der Waals surface area contributed by atoms with Gasteiger partial charge in [0.15, 0.2) is 0 Å². The Morgan fingerprint density at radius 1 is 1.25 bits per heavy atom. The average Bonchev–Trinajstić information content (AvgIpc) is 2.39. The van der Waals surface area contributed by atoms with Crippen LogP contribution >= 0.6 is 37.0 Å². The lowest BCUT2D eigenvalue weighted by atomic mass is 10.1. The van der Waals surface area contributed by atoms with Gasteiger partial charge in [-0.25, -0.2) is 4.79 Å². The SMILES string of the molecule is CSCCC(NC(=O)CCCCC(S)CCS)C(=O)O. The highest BCUT2D eigenvalue weighted by Crippen LogP contribution is 2.12. The smallest absolute Gasteiger partial charge is 0.326 e. The molecule has 0 aliphatic rings. The third-order valence-electron chi connectivity index (χ3n) is 2.90. The Hall–Kier alpha value is -0.0100. The topological polar surface area (TPSA) is 66.4 Å². The van der Waals surface area contributed by atoms with Gasteiger partial charge in [0.2, 0.25) is 5.91 Å². The molecule has 0 fully saturated rings. The molecule has 0 aromatic heterocycles. The van der Waals surface area contributed by atoms with Gasteiger partial charge in [0.05, 0.1) is 0 Å². The minimum atomic E-state index is -0.961. The zero-order chi connectivity index (χ0) is 15.4. The van der Waals surface area contributed by atoms with Crippen LogP contribution in [0.5, 0.6) is 0 Å². The highest BCUT2D eigenvalue weighted by Gasteiger charge is 2.18. The van der Waals surface area contributed by atoms with Crippen molar-refractivity contribution in [2.75, 3.05) is 17.8 Å². The molecule has 0 spiro atoms. The van der Waals surface area contributed by atoms with E-state index in [0.717, 1.165) is 37.2 Å². The third kappa shape index (κ3) is 10.7. The van der Waals surface area contributed by atoms with E-state index in [-0.39, 0.29) is 5.91 Å². The summed E-state index contributed by atoms with van der Waals surface area (Å²) in [4.78, 5) is 22.7. The summed E-state index contributed by atoms with van der Waals surface area (Å²) in [5.41, 5.74) is 0. The first-order chi connectivity index (χ1) is 9.51. The molecule has 4 nitrogen and oxygen atoms in total. The summed E-state index contributed by atoms with van der Waals surface area (Å²) in [6.07, 6.45) is 6.38. The van der Waals surface area contributed by atoms with Crippen LogP contribution in [0.4, 0.5) is 0 Å². The number of rotatable bonds is 12. The van der Waals surface area contributed by atoms with Crippen LogP contribution in [0.3, 0.4) is 0 Å². The van der Waals surface area contributed by atoms with Gasteiger partial charge in [-0.2, -0.15) is 37.0 Å². The van der Waals surface area contributed by atoms with Gasteiger partial charge >= 0.3 is 5.97 Å². The predicted molar refractivity (Wildman–Crippen MR) is 92.3 cm³/mol. The van der Waals surface area contributed by atoms with E-state index in [1.54, 1.807) is 11.8 Å². The van der Waals surface area contributed by atoms with Gasteiger partial charge in [0.25, 0.3) is 0 Å². The molecule has 0 bridgehead atoms. The van der Waals surface area contributed by atoms with Crippen molar-refractivity contribution in [2.45, 2.75) is 49.8 Å². The summed E-state index contributed by atoms with van der Waals surface area (Å²) in [6.45, 7) is 0. The van der Waals surface area contributed by atoms with Crippen molar-refractivity contribution in [3.63, 3.8) is 0 Å². The number of carboxylic acids is 1. The maximum atomic E-state index is 11.7. The molecule has 2 N–H and O–H groups in total. The number of thioether (sulfide) groups is 1. The zero-order valence-electron chi connectivity index (χ0n) is 11.9. The molecular weight excluding hydrogens is 314 g/mol. The molecule has 1 amide bonds. The van der Waals surface area contributed by atoms with Crippen molar-refractivity contribution in [2.24, 2.45) is 0 Å². The molecule has 7 heteroatoms. The predicted octanol–water partition coefficient (Wildman–Crippen LogP) is 2.49. The number of hydrogen-bond acceptors (Lipinski definition) is 5. The van der Waals surface area contributed by atoms with Crippen molar-refractivity contribution in [1.29, 1.82) is 0 Å². The van der Waals surface area contributed by atoms with Crippen molar-refractivity contribution >= 4 is 48.9 Å². The monoisotopic (exact) mass is 339 g/mol. The quantitative estimate of drug-likeness (QED) is 0.326. The van der Waals surface area contributed by atoms with Crippen LogP contribution in [0, 0.1) is 0 Å². The van der Waals surface area contributed by atoms with Crippen LogP contribution in [0.25, 0.3) is 0 Å². The molecule has 2 unspecified atom stereocenters. The molecular formula is C13H25NO3S3. The number of carboxylic acid groups (broad SMARTS) is 1. The van der Waals surface area contributed by atoms with E-state index in [1.165, 1.54) is 0 Å². The fraction of sp³-hybridized carbons (Fsp3) is 0.846. The van der Waals surface area contributed by atoms with Crippen LogP contribution in [-0.2, 0) is 9.59 Å². The number of unbranched alkanes of at least 4 members (excludes halogenated alkanes) is 1. The number of aliphatic carboxylic acids is 1. The number of carbonyl (C=O) groups is 2. The van der Waals surface area contributed by atoms with Gasteiger partial charge < -0.3 is 10.4 Å². The van der Waals surface area contributed by atoms with E-state index in [9.17, 15) is 9.59 Å². The number of carbonyl (C=O) groups excluding carboxylic acids is 1. The minimum Gasteiger partial charge on any atom is -0.480 e. The molecule has 0 aromatic rings. The van der Waals surface area contributed by atoms with Crippen molar-refractivity contribution in [3.8, 4) is 0 Å². The summed E-state index contributed by atoms with van der Waals surface area (Å²) >= 11 is 10.2. The summed E-state index contributed by atoms with van der Waals surface area (Å²) in [7, 11) is 0. The van der Waals surface area contributed by atoms with Crippen molar-refractivity contribution in [1.82, 2.24) is 5.32 Å². The molecule has 0 rings (SSSR count). The normalized spacial score (nSPS) is 13.8. The van der Waals surface area contributed by atoms with Gasteiger partial charge in [-0.15, -0.1) is 0 Å². The lowest BCUT2D eigenvalue weighted by Crippen LogP contribution is -2.41. The molecule has 2 atom stereocenters. The number of thiol groups is 2. The first kappa shape index (κ1) is 20.0. The number of amides is 1. The Kier molecular flexibility index (Phi) is 12.7. The molecule has 118 valence electrons. The average molecular weight is 340 g/mol. The van der Waals surface area contributed by atoms with Gasteiger partial charge in [0.1, 0.15) is 6.04 Å². The zero-order valence-corrected chi connectivity index (χ0v) is 14.5. The largest absolute Gasteiger partial charge is 0.480 e. The molecule has 0 heterocycles. The minimum absolute atomic E-state index is 0.177. The van der Waals surface area contributed by atoms with Crippen LogP contribution in [0.15, 0.2) is 0 Å². The maximum Gasteiger partial charge on any atom is 0.326 e. The Balaban J connectivity index is 3.82. The molecule has 0 aromatic carbocycles. The van der Waals surface area contributed by atoms with E-state index in [1.807, 2.05) is 6.26 Å². The molecule has 20 heavy (non-hydrogen) atoms. The van der Waals surface area contributed by atoms with E-state index in [4.69, 9.17) is 5.11 Å². The van der Waals surface area contributed by atoms with Crippen molar-refractivity contribution in [3.05, 3.63) is 0 Å². The standard InChI is InChI=1S/C13H25NO3S3/c1-20-9-7-11(13(16)17)14-12(15)5-3-2-4-10(19)6-8-18/h10-11,18-19H,2-9H2,1H3,(H,14,15)(H,16,17).